The molecule has 2 unspecified atom stereocenters. The number of fused-ring (bicyclic) bond motifs is 1. The van der Waals surface area contributed by atoms with Crippen molar-refractivity contribution >= 4 is 32.3 Å². The van der Waals surface area contributed by atoms with E-state index in [1.807, 2.05) is 0 Å². The third-order valence-corrected chi connectivity index (χ3v) is 7.76. The number of hydrogen-bond acceptors (Lipinski definition) is 3. The molecule has 15 heavy (non-hydrogen) atoms. The minimum Gasteiger partial charge on any atom is -0.392 e. The Morgan fingerprint density at radius 2 is 1.80 bits per heavy atom. The molecule has 1 saturated carbocycles. The van der Waals surface area contributed by atoms with Gasteiger partial charge in [-0.05, 0) is 12.8 Å². The summed E-state index contributed by atoms with van der Waals surface area (Å²) in [5.74, 6) is -0.862. The maximum atomic E-state index is 11.9. The van der Waals surface area contributed by atoms with Gasteiger partial charge in [0, 0.05) is 0 Å². The standard InChI is InChI=1S/C10H15ClO3Si/c1-15(2)10-6-4-3-5-9(10,11)7(12)14-8(10)13/h15H,3-6H2,1-2H3. The Balaban J connectivity index is 2.53. The Bertz CT molecular complexity index is 331. The second kappa shape index (κ2) is 3.32. The number of esters is 2. The average Bonchev–Trinajstić information content (AvgIpc) is 2.36. The molecule has 0 radical (unpaired) electrons. The number of hydrogen-bond donors (Lipinski definition) is 0. The molecule has 5 heteroatoms. The van der Waals surface area contributed by atoms with Crippen LogP contribution in [0.25, 0.3) is 0 Å². The Morgan fingerprint density at radius 3 is 2.33 bits per heavy atom. The first-order valence-electron chi connectivity index (χ1n) is 5.41. The first-order valence-corrected chi connectivity index (χ1v) is 8.67. The quantitative estimate of drug-likeness (QED) is 0.307. The van der Waals surface area contributed by atoms with E-state index in [4.69, 9.17) is 16.3 Å². The average molecular weight is 247 g/mol. The Labute approximate surface area is 95.7 Å². The molecule has 1 heterocycles. The summed E-state index contributed by atoms with van der Waals surface area (Å²) in [6, 6.07) is 0. The molecule has 0 spiro atoms. The van der Waals surface area contributed by atoms with E-state index < -0.39 is 24.7 Å². The van der Waals surface area contributed by atoms with Crippen LogP contribution in [0.3, 0.4) is 0 Å². The first-order chi connectivity index (χ1) is 6.95. The highest BCUT2D eigenvalue weighted by molar-refractivity contribution is 6.69. The molecule has 84 valence electrons. The van der Waals surface area contributed by atoms with E-state index in [1.165, 1.54) is 0 Å². The minimum absolute atomic E-state index is 0.358. The zero-order chi connectivity index (χ0) is 11.3. The van der Waals surface area contributed by atoms with Gasteiger partial charge >= 0.3 is 11.9 Å². The lowest BCUT2D eigenvalue weighted by atomic mass is 9.79. The van der Waals surface area contributed by atoms with Crippen LogP contribution >= 0.6 is 11.6 Å². The number of carbonyl (C=O) groups excluding carboxylic acids is 2. The van der Waals surface area contributed by atoms with Crippen LogP contribution < -0.4 is 0 Å². The van der Waals surface area contributed by atoms with Gasteiger partial charge in [0.25, 0.3) is 0 Å². The van der Waals surface area contributed by atoms with Gasteiger partial charge in [0.15, 0.2) is 4.87 Å². The van der Waals surface area contributed by atoms with Crippen LogP contribution in [-0.2, 0) is 14.3 Å². The maximum absolute atomic E-state index is 11.9. The molecular formula is C10H15ClO3Si. The molecule has 3 nitrogen and oxygen atoms in total. The maximum Gasteiger partial charge on any atom is 0.335 e. The number of rotatable bonds is 1. The van der Waals surface area contributed by atoms with Crippen LogP contribution in [0.4, 0.5) is 0 Å². The van der Waals surface area contributed by atoms with Gasteiger partial charge < -0.3 is 4.74 Å². The van der Waals surface area contributed by atoms with E-state index in [0.29, 0.717) is 6.42 Å². The van der Waals surface area contributed by atoms with Crippen molar-refractivity contribution in [3.63, 3.8) is 0 Å². The van der Waals surface area contributed by atoms with Crippen molar-refractivity contribution in [1.82, 2.24) is 0 Å². The van der Waals surface area contributed by atoms with Crippen molar-refractivity contribution in [1.29, 1.82) is 0 Å². The molecule has 2 rings (SSSR count). The SMILES string of the molecule is C[SiH](C)C12CCCCC1(Cl)C(=O)OC2=O. The van der Waals surface area contributed by atoms with Gasteiger partial charge in [0.1, 0.15) is 0 Å². The second-order valence-electron chi connectivity index (χ2n) is 4.81. The highest BCUT2D eigenvalue weighted by Crippen LogP contribution is 2.60. The van der Waals surface area contributed by atoms with Crippen molar-refractivity contribution in [2.75, 3.05) is 0 Å². The van der Waals surface area contributed by atoms with Crippen LogP contribution in [-0.4, -0.2) is 25.6 Å². The summed E-state index contributed by atoms with van der Waals surface area (Å²) in [6.07, 6.45) is 3.20. The summed E-state index contributed by atoms with van der Waals surface area (Å²) in [5.41, 5.74) is 0. The van der Waals surface area contributed by atoms with Gasteiger partial charge in [0.05, 0.1) is 13.8 Å². The molecule has 2 fully saturated rings. The van der Waals surface area contributed by atoms with Gasteiger partial charge in [-0.15, -0.1) is 11.6 Å². The molecule has 2 aliphatic rings. The van der Waals surface area contributed by atoms with Gasteiger partial charge in [-0.3, -0.25) is 4.79 Å². The lowest BCUT2D eigenvalue weighted by Crippen LogP contribution is -2.50. The highest BCUT2D eigenvalue weighted by Gasteiger charge is 2.69. The number of ether oxygens (including phenoxy) is 1. The van der Waals surface area contributed by atoms with E-state index in [9.17, 15) is 9.59 Å². The van der Waals surface area contributed by atoms with Crippen LogP contribution in [0.15, 0.2) is 0 Å². The molecule has 0 bridgehead atoms. The molecule has 0 aromatic heterocycles. The molecule has 1 aliphatic heterocycles. The lowest BCUT2D eigenvalue weighted by molar-refractivity contribution is -0.153. The number of alkyl halides is 1. The molecular weight excluding hydrogens is 232 g/mol. The van der Waals surface area contributed by atoms with Gasteiger partial charge in [0.2, 0.25) is 0 Å². The van der Waals surface area contributed by atoms with Crippen molar-refractivity contribution in [3.8, 4) is 0 Å². The van der Waals surface area contributed by atoms with E-state index in [1.54, 1.807) is 0 Å². The largest absolute Gasteiger partial charge is 0.392 e. The fourth-order valence-electron chi connectivity index (χ4n) is 2.98. The van der Waals surface area contributed by atoms with E-state index in [2.05, 4.69) is 13.1 Å². The molecule has 0 amide bonds. The van der Waals surface area contributed by atoms with E-state index >= 15 is 0 Å². The topological polar surface area (TPSA) is 43.4 Å². The number of cyclic esters (lactones) is 2. The number of halogens is 1. The third-order valence-electron chi connectivity index (χ3n) is 3.91. The highest BCUT2D eigenvalue weighted by atomic mass is 35.5. The summed E-state index contributed by atoms with van der Waals surface area (Å²) in [7, 11) is -1.37. The summed E-state index contributed by atoms with van der Waals surface area (Å²) in [5, 5.41) is -0.649. The normalized spacial score (nSPS) is 40.5. The molecule has 1 saturated heterocycles. The number of carbonyl (C=O) groups is 2. The molecule has 0 N–H and O–H groups in total. The van der Waals surface area contributed by atoms with E-state index in [0.717, 1.165) is 19.3 Å². The summed E-state index contributed by atoms with van der Waals surface area (Å²) in [4.78, 5) is 22.6. The van der Waals surface area contributed by atoms with Crippen LogP contribution in [0, 0.1) is 0 Å². The Morgan fingerprint density at radius 1 is 1.20 bits per heavy atom. The minimum atomic E-state index is -1.37. The lowest BCUT2D eigenvalue weighted by Gasteiger charge is -2.41. The molecule has 1 aliphatic carbocycles. The second-order valence-corrected chi connectivity index (χ2v) is 8.75. The fraction of sp³-hybridized carbons (Fsp3) is 0.800. The van der Waals surface area contributed by atoms with Crippen molar-refractivity contribution in [3.05, 3.63) is 0 Å². The zero-order valence-electron chi connectivity index (χ0n) is 9.01. The summed E-state index contributed by atoms with van der Waals surface area (Å²) < 4.78 is 4.80. The molecule has 2 atom stereocenters. The predicted molar refractivity (Wildman–Crippen MR) is 59.7 cm³/mol. The van der Waals surface area contributed by atoms with Gasteiger partial charge in [-0.25, -0.2) is 4.79 Å². The van der Waals surface area contributed by atoms with Gasteiger partial charge in [-0.1, -0.05) is 25.9 Å². The Hall–Kier alpha value is -0.353. The van der Waals surface area contributed by atoms with Gasteiger partial charge in [-0.2, -0.15) is 0 Å². The predicted octanol–water partition coefficient (Wildman–Crippen LogP) is 1.85. The molecule has 0 aromatic carbocycles. The third kappa shape index (κ3) is 1.18. The summed E-state index contributed by atoms with van der Waals surface area (Å²) in [6.45, 7) is 4.14. The van der Waals surface area contributed by atoms with Crippen LogP contribution in [0.2, 0.25) is 18.1 Å². The van der Waals surface area contributed by atoms with Crippen molar-refractivity contribution in [2.24, 2.45) is 0 Å². The smallest absolute Gasteiger partial charge is 0.335 e. The Kier molecular flexibility index (Phi) is 2.46. The van der Waals surface area contributed by atoms with Crippen LogP contribution in [0.1, 0.15) is 25.7 Å². The zero-order valence-corrected chi connectivity index (χ0v) is 10.9. The molecule has 0 aromatic rings. The van der Waals surface area contributed by atoms with E-state index in [-0.39, 0.29) is 5.97 Å². The van der Waals surface area contributed by atoms with Crippen molar-refractivity contribution in [2.45, 2.75) is 48.7 Å². The summed E-state index contributed by atoms with van der Waals surface area (Å²) >= 11 is 6.41. The van der Waals surface area contributed by atoms with Crippen LogP contribution in [0.5, 0.6) is 0 Å². The van der Waals surface area contributed by atoms with Crippen molar-refractivity contribution < 1.29 is 14.3 Å². The monoisotopic (exact) mass is 246 g/mol. The fourth-order valence-corrected chi connectivity index (χ4v) is 6.47. The first kappa shape index (κ1) is 11.1.